The van der Waals surface area contributed by atoms with Gasteiger partial charge in [-0.25, -0.2) is 4.98 Å². The molecule has 0 aromatic carbocycles. The molecule has 100 valence electrons. The average Bonchev–Trinajstić information content (AvgIpc) is 2.41. The molecule has 0 amide bonds. The fourth-order valence-electron chi connectivity index (χ4n) is 2.34. The topological polar surface area (TPSA) is 67.9 Å². The summed E-state index contributed by atoms with van der Waals surface area (Å²) in [5.41, 5.74) is 8.19. The minimum Gasteiger partial charge on any atom is -0.338 e. The highest BCUT2D eigenvalue weighted by molar-refractivity contribution is 5.31. The second-order valence-corrected chi connectivity index (χ2v) is 5.09. The van der Waals surface area contributed by atoms with Gasteiger partial charge in [-0.15, -0.1) is 5.10 Å². The van der Waals surface area contributed by atoms with Gasteiger partial charge in [0, 0.05) is 19.1 Å². The van der Waals surface area contributed by atoms with Gasteiger partial charge >= 0.3 is 0 Å². The number of anilines is 1. The Morgan fingerprint density at radius 1 is 1.22 bits per heavy atom. The van der Waals surface area contributed by atoms with Gasteiger partial charge in [-0.1, -0.05) is 20.8 Å². The van der Waals surface area contributed by atoms with Crippen LogP contribution in [0.2, 0.25) is 0 Å². The maximum Gasteiger partial charge on any atom is 0.245 e. The molecule has 2 rings (SSSR count). The van der Waals surface area contributed by atoms with Crippen LogP contribution in [-0.2, 0) is 12.8 Å². The van der Waals surface area contributed by atoms with Crippen LogP contribution < -0.4 is 10.6 Å². The Balaban J connectivity index is 2.18. The van der Waals surface area contributed by atoms with Crippen molar-refractivity contribution in [3.05, 3.63) is 11.4 Å². The van der Waals surface area contributed by atoms with Gasteiger partial charge in [0.25, 0.3) is 0 Å². The Morgan fingerprint density at radius 2 is 1.94 bits per heavy atom. The van der Waals surface area contributed by atoms with Crippen molar-refractivity contribution in [2.24, 2.45) is 11.7 Å². The Labute approximate surface area is 109 Å². The molecule has 0 spiro atoms. The fourth-order valence-corrected chi connectivity index (χ4v) is 2.34. The molecule has 0 radical (unpaired) electrons. The minimum atomic E-state index is 0.207. The summed E-state index contributed by atoms with van der Waals surface area (Å²) in [6.07, 6.45) is 2.89. The van der Waals surface area contributed by atoms with Crippen LogP contribution in [0, 0.1) is 5.92 Å². The van der Waals surface area contributed by atoms with Crippen molar-refractivity contribution in [3.63, 3.8) is 0 Å². The van der Waals surface area contributed by atoms with Crippen LogP contribution in [0.3, 0.4) is 0 Å². The Hall–Kier alpha value is -1.23. The summed E-state index contributed by atoms with van der Waals surface area (Å²) in [4.78, 5) is 6.80. The summed E-state index contributed by atoms with van der Waals surface area (Å²) < 4.78 is 0. The predicted molar refractivity (Wildman–Crippen MR) is 72.6 cm³/mol. The molecule has 1 fully saturated rings. The van der Waals surface area contributed by atoms with Crippen LogP contribution in [0.1, 0.15) is 38.6 Å². The molecular weight excluding hydrogens is 226 g/mol. The van der Waals surface area contributed by atoms with Crippen LogP contribution in [-0.4, -0.2) is 34.3 Å². The smallest absolute Gasteiger partial charge is 0.245 e. The first-order chi connectivity index (χ1) is 8.65. The predicted octanol–water partition coefficient (Wildman–Crippen LogP) is 1.17. The zero-order chi connectivity index (χ0) is 13.1. The molecule has 2 atom stereocenters. The van der Waals surface area contributed by atoms with Crippen molar-refractivity contribution in [3.8, 4) is 0 Å². The lowest BCUT2D eigenvalue weighted by Crippen LogP contribution is -2.48. The number of rotatable bonds is 3. The molecular formula is C13H23N5. The van der Waals surface area contributed by atoms with Crippen molar-refractivity contribution in [1.82, 2.24) is 15.2 Å². The molecule has 2 unspecified atom stereocenters. The van der Waals surface area contributed by atoms with E-state index in [-0.39, 0.29) is 6.04 Å². The molecule has 1 aromatic rings. The van der Waals surface area contributed by atoms with Gasteiger partial charge in [-0.05, 0) is 25.2 Å². The van der Waals surface area contributed by atoms with Crippen LogP contribution in [0.15, 0.2) is 0 Å². The molecule has 0 saturated carbocycles. The van der Waals surface area contributed by atoms with E-state index in [9.17, 15) is 0 Å². The van der Waals surface area contributed by atoms with Gasteiger partial charge in [0.1, 0.15) is 0 Å². The summed E-state index contributed by atoms with van der Waals surface area (Å²) >= 11 is 0. The van der Waals surface area contributed by atoms with Crippen molar-refractivity contribution >= 4 is 5.95 Å². The molecule has 5 nitrogen and oxygen atoms in total. The average molecular weight is 249 g/mol. The molecule has 1 aliphatic heterocycles. The highest BCUT2D eigenvalue weighted by atomic mass is 15.3. The molecule has 1 aromatic heterocycles. The molecule has 0 aliphatic carbocycles. The highest BCUT2D eigenvalue weighted by Gasteiger charge is 2.25. The Kier molecular flexibility index (Phi) is 4.11. The molecule has 1 aliphatic rings. The molecule has 2 heterocycles. The number of hydrogen-bond acceptors (Lipinski definition) is 5. The van der Waals surface area contributed by atoms with E-state index in [0.29, 0.717) is 5.92 Å². The lowest BCUT2D eigenvalue weighted by molar-refractivity contribution is 0.375. The quantitative estimate of drug-likeness (QED) is 0.871. The third-order valence-corrected chi connectivity index (χ3v) is 3.80. The summed E-state index contributed by atoms with van der Waals surface area (Å²) in [6.45, 7) is 8.21. The van der Waals surface area contributed by atoms with Gasteiger partial charge in [-0.2, -0.15) is 5.10 Å². The monoisotopic (exact) mass is 249 g/mol. The van der Waals surface area contributed by atoms with E-state index in [0.717, 1.165) is 49.7 Å². The van der Waals surface area contributed by atoms with E-state index in [1.54, 1.807) is 0 Å². The van der Waals surface area contributed by atoms with E-state index in [1.807, 2.05) is 0 Å². The number of hydrogen-bond donors (Lipinski definition) is 1. The largest absolute Gasteiger partial charge is 0.338 e. The van der Waals surface area contributed by atoms with Crippen LogP contribution >= 0.6 is 0 Å². The first-order valence-electron chi connectivity index (χ1n) is 6.88. The lowest BCUT2D eigenvalue weighted by atomic mass is 9.94. The van der Waals surface area contributed by atoms with Crippen LogP contribution in [0.5, 0.6) is 0 Å². The molecule has 2 N–H and O–H groups in total. The molecule has 0 bridgehead atoms. The SMILES string of the molecule is CCc1nnc(N2CCC(C)C(N)C2)nc1CC. The number of nitrogens with two attached hydrogens (primary N) is 1. The van der Waals surface area contributed by atoms with Crippen molar-refractivity contribution in [2.75, 3.05) is 18.0 Å². The number of piperidine rings is 1. The van der Waals surface area contributed by atoms with Gasteiger partial charge in [0.05, 0.1) is 11.4 Å². The second-order valence-electron chi connectivity index (χ2n) is 5.09. The summed E-state index contributed by atoms with van der Waals surface area (Å²) in [7, 11) is 0. The van der Waals surface area contributed by atoms with E-state index in [1.165, 1.54) is 0 Å². The minimum absolute atomic E-state index is 0.207. The first-order valence-corrected chi connectivity index (χ1v) is 6.88. The second kappa shape index (κ2) is 5.61. The Morgan fingerprint density at radius 3 is 2.56 bits per heavy atom. The third-order valence-electron chi connectivity index (χ3n) is 3.80. The van der Waals surface area contributed by atoms with Gasteiger partial charge < -0.3 is 10.6 Å². The maximum atomic E-state index is 6.11. The standard InChI is InChI=1S/C13H23N5/c1-4-11-12(5-2)16-17-13(15-11)18-7-6-9(3)10(14)8-18/h9-10H,4-8,14H2,1-3H3. The normalized spacial score (nSPS) is 24.3. The van der Waals surface area contributed by atoms with Gasteiger partial charge in [0.15, 0.2) is 0 Å². The summed E-state index contributed by atoms with van der Waals surface area (Å²) in [5.74, 6) is 1.32. The Bertz CT molecular complexity index is 406. The lowest BCUT2D eigenvalue weighted by Gasteiger charge is -2.34. The number of aryl methyl sites for hydroxylation is 2. The summed E-state index contributed by atoms with van der Waals surface area (Å²) in [6, 6.07) is 0.207. The van der Waals surface area contributed by atoms with Crippen LogP contribution in [0.4, 0.5) is 5.95 Å². The number of aromatic nitrogens is 3. The van der Waals surface area contributed by atoms with Gasteiger partial charge in [0.2, 0.25) is 5.95 Å². The van der Waals surface area contributed by atoms with Crippen molar-refractivity contribution < 1.29 is 0 Å². The first kappa shape index (κ1) is 13.2. The van der Waals surface area contributed by atoms with E-state index in [2.05, 4.69) is 40.9 Å². The molecule has 18 heavy (non-hydrogen) atoms. The zero-order valence-electron chi connectivity index (χ0n) is 11.6. The van der Waals surface area contributed by atoms with Crippen molar-refractivity contribution in [1.29, 1.82) is 0 Å². The van der Waals surface area contributed by atoms with Crippen molar-refractivity contribution in [2.45, 2.75) is 46.1 Å². The van der Waals surface area contributed by atoms with Gasteiger partial charge in [-0.3, -0.25) is 0 Å². The van der Waals surface area contributed by atoms with Crippen LogP contribution in [0.25, 0.3) is 0 Å². The highest BCUT2D eigenvalue weighted by Crippen LogP contribution is 2.19. The zero-order valence-corrected chi connectivity index (χ0v) is 11.6. The van der Waals surface area contributed by atoms with E-state index >= 15 is 0 Å². The maximum absolute atomic E-state index is 6.11. The van der Waals surface area contributed by atoms with E-state index < -0.39 is 0 Å². The third kappa shape index (κ3) is 2.61. The molecule has 1 saturated heterocycles. The number of nitrogens with zero attached hydrogens (tertiary/aromatic N) is 4. The summed E-state index contributed by atoms with van der Waals surface area (Å²) in [5, 5.41) is 8.54. The molecule has 5 heteroatoms. The van der Waals surface area contributed by atoms with E-state index in [4.69, 9.17) is 5.73 Å². The fraction of sp³-hybridized carbons (Fsp3) is 0.769.